The summed E-state index contributed by atoms with van der Waals surface area (Å²) in [5.41, 5.74) is 0. The minimum Gasteiger partial charge on any atom is -0.481 e. The molecule has 0 rings (SSSR count). The van der Waals surface area contributed by atoms with Crippen LogP contribution in [0.1, 0.15) is 97.8 Å². The number of carbonyl (C=O) groups is 2. The third-order valence-corrected chi connectivity index (χ3v) is 4.05. The second-order valence-corrected chi connectivity index (χ2v) is 6.76. The predicted molar refractivity (Wildman–Crippen MR) is 101 cm³/mol. The van der Waals surface area contributed by atoms with Crippen LogP contribution in [0, 0.1) is 0 Å². The van der Waals surface area contributed by atoms with Crippen molar-refractivity contribution in [2.45, 2.75) is 104 Å². The van der Waals surface area contributed by atoms with Crippen LogP contribution < -0.4 is 0 Å². The Hall–Kier alpha value is -1.14. The Balaban J connectivity index is 4.30. The monoisotopic (exact) mass is 374 g/mol. The van der Waals surface area contributed by atoms with E-state index in [9.17, 15) is 9.59 Å². The summed E-state index contributed by atoms with van der Waals surface area (Å²) in [5.74, 6) is -2.63. The summed E-state index contributed by atoms with van der Waals surface area (Å²) in [5, 5.41) is 8.63. The van der Waals surface area contributed by atoms with Gasteiger partial charge in [0.15, 0.2) is 0 Å². The standard InChI is InChI=1S/C20H38O6/c1-4-6-8-12-16-24-20(3,25-17-13-9-7-5-2)26-19(23)15-11-10-14-18(21)22/h4-17H2,1-3H3,(H,21,22). The molecule has 0 saturated carbocycles. The van der Waals surface area contributed by atoms with E-state index in [1.54, 1.807) is 6.92 Å². The first-order chi connectivity index (χ1) is 12.4. The van der Waals surface area contributed by atoms with Crippen molar-refractivity contribution < 1.29 is 28.9 Å². The van der Waals surface area contributed by atoms with Crippen LogP contribution in [0.5, 0.6) is 0 Å². The van der Waals surface area contributed by atoms with Crippen LogP contribution in [0.15, 0.2) is 0 Å². The Bertz CT molecular complexity index is 355. The molecule has 0 saturated heterocycles. The van der Waals surface area contributed by atoms with E-state index in [-0.39, 0.29) is 12.8 Å². The van der Waals surface area contributed by atoms with Gasteiger partial charge in [0.1, 0.15) is 0 Å². The van der Waals surface area contributed by atoms with Gasteiger partial charge >= 0.3 is 17.9 Å². The lowest BCUT2D eigenvalue weighted by atomic mass is 10.2. The molecule has 0 radical (unpaired) electrons. The van der Waals surface area contributed by atoms with Crippen LogP contribution in [-0.4, -0.2) is 36.2 Å². The molecule has 0 aromatic carbocycles. The lowest BCUT2D eigenvalue weighted by Crippen LogP contribution is -2.38. The average molecular weight is 375 g/mol. The van der Waals surface area contributed by atoms with Crippen molar-refractivity contribution >= 4 is 11.9 Å². The Labute approximate surface area is 158 Å². The molecule has 0 aromatic heterocycles. The zero-order valence-electron chi connectivity index (χ0n) is 16.9. The summed E-state index contributed by atoms with van der Waals surface area (Å²) < 4.78 is 16.9. The van der Waals surface area contributed by atoms with Crippen molar-refractivity contribution in [1.82, 2.24) is 0 Å². The number of carboxylic acids is 1. The number of rotatable bonds is 18. The lowest BCUT2D eigenvalue weighted by Gasteiger charge is -2.29. The van der Waals surface area contributed by atoms with Gasteiger partial charge in [0.05, 0.1) is 13.2 Å². The highest BCUT2D eigenvalue weighted by Crippen LogP contribution is 2.19. The fourth-order valence-electron chi connectivity index (χ4n) is 2.48. The normalized spacial score (nSPS) is 11.5. The van der Waals surface area contributed by atoms with Gasteiger partial charge in [-0.15, -0.1) is 0 Å². The van der Waals surface area contributed by atoms with Gasteiger partial charge in [0, 0.05) is 19.8 Å². The summed E-state index contributed by atoms with van der Waals surface area (Å²) >= 11 is 0. The molecule has 154 valence electrons. The number of unbranched alkanes of at least 4 members (excludes halogenated alkanes) is 7. The van der Waals surface area contributed by atoms with Gasteiger partial charge in [-0.1, -0.05) is 52.4 Å². The molecule has 26 heavy (non-hydrogen) atoms. The Morgan fingerprint density at radius 2 is 1.27 bits per heavy atom. The highest BCUT2D eigenvalue weighted by atomic mass is 16.9. The molecular weight excluding hydrogens is 336 g/mol. The van der Waals surface area contributed by atoms with Crippen LogP contribution in [0.3, 0.4) is 0 Å². The van der Waals surface area contributed by atoms with E-state index in [1.807, 2.05) is 0 Å². The van der Waals surface area contributed by atoms with Gasteiger partial charge in [-0.3, -0.25) is 9.59 Å². The number of hydrogen-bond acceptors (Lipinski definition) is 5. The van der Waals surface area contributed by atoms with Crippen LogP contribution in [0.2, 0.25) is 0 Å². The minimum atomic E-state index is -1.36. The summed E-state index contributed by atoms with van der Waals surface area (Å²) in [6.45, 7) is 6.91. The summed E-state index contributed by atoms with van der Waals surface area (Å²) in [4.78, 5) is 22.5. The maximum absolute atomic E-state index is 12.0. The number of carboxylic acid groups (broad SMARTS) is 1. The van der Waals surface area contributed by atoms with E-state index in [2.05, 4.69) is 13.8 Å². The minimum absolute atomic E-state index is 0.0619. The molecule has 0 aromatic rings. The lowest BCUT2D eigenvalue weighted by molar-refractivity contribution is -0.353. The van der Waals surface area contributed by atoms with Crippen molar-refractivity contribution in [3.05, 3.63) is 0 Å². The second-order valence-electron chi connectivity index (χ2n) is 6.76. The van der Waals surface area contributed by atoms with E-state index in [0.29, 0.717) is 26.1 Å². The zero-order valence-corrected chi connectivity index (χ0v) is 16.9. The molecule has 0 atom stereocenters. The summed E-state index contributed by atoms with van der Waals surface area (Å²) in [7, 11) is 0. The largest absolute Gasteiger partial charge is 0.481 e. The molecule has 0 unspecified atom stereocenters. The third-order valence-electron chi connectivity index (χ3n) is 4.05. The molecular formula is C20H38O6. The number of esters is 1. The van der Waals surface area contributed by atoms with Crippen molar-refractivity contribution in [3.8, 4) is 0 Å². The molecule has 0 bridgehead atoms. The van der Waals surface area contributed by atoms with E-state index >= 15 is 0 Å². The number of hydrogen-bond donors (Lipinski definition) is 1. The fourth-order valence-corrected chi connectivity index (χ4v) is 2.48. The maximum Gasteiger partial charge on any atom is 0.326 e. The molecule has 1 N–H and O–H groups in total. The Morgan fingerprint density at radius 3 is 1.73 bits per heavy atom. The zero-order chi connectivity index (χ0) is 19.7. The first-order valence-electron chi connectivity index (χ1n) is 10.1. The van der Waals surface area contributed by atoms with Gasteiger partial charge in [0.25, 0.3) is 0 Å². The molecule has 0 spiro atoms. The number of aliphatic carboxylic acids is 1. The molecule has 0 aliphatic carbocycles. The topological polar surface area (TPSA) is 82.1 Å². The fraction of sp³-hybridized carbons (Fsp3) is 0.900. The smallest absolute Gasteiger partial charge is 0.326 e. The van der Waals surface area contributed by atoms with Gasteiger partial charge in [0.2, 0.25) is 0 Å². The molecule has 6 nitrogen and oxygen atoms in total. The van der Waals surface area contributed by atoms with Gasteiger partial charge in [-0.05, 0) is 25.7 Å². The van der Waals surface area contributed by atoms with E-state index < -0.39 is 17.9 Å². The number of carbonyl (C=O) groups excluding carboxylic acids is 1. The molecule has 0 amide bonds. The molecule has 0 aliphatic rings. The quantitative estimate of drug-likeness (QED) is 0.205. The van der Waals surface area contributed by atoms with E-state index in [0.717, 1.165) is 51.4 Å². The predicted octanol–water partition coefficient (Wildman–Crippen LogP) is 5.04. The Morgan fingerprint density at radius 1 is 0.769 bits per heavy atom. The summed E-state index contributed by atoms with van der Waals surface area (Å²) in [6.07, 6.45) is 9.73. The van der Waals surface area contributed by atoms with Crippen LogP contribution >= 0.6 is 0 Å². The van der Waals surface area contributed by atoms with Crippen LogP contribution in [-0.2, 0) is 23.8 Å². The van der Waals surface area contributed by atoms with E-state index in [4.69, 9.17) is 19.3 Å². The van der Waals surface area contributed by atoms with Crippen molar-refractivity contribution in [2.75, 3.05) is 13.2 Å². The van der Waals surface area contributed by atoms with E-state index in [1.165, 1.54) is 0 Å². The highest BCUT2D eigenvalue weighted by Gasteiger charge is 2.30. The van der Waals surface area contributed by atoms with Crippen molar-refractivity contribution in [3.63, 3.8) is 0 Å². The average Bonchev–Trinajstić information content (AvgIpc) is 2.58. The highest BCUT2D eigenvalue weighted by molar-refractivity contribution is 5.70. The van der Waals surface area contributed by atoms with Gasteiger partial charge in [-0.25, -0.2) is 0 Å². The van der Waals surface area contributed by atoms with Crippen molar-refractivity contribution in [2.24, 2.45) is 0 Å². The van der Waals surface area contributed by atoms with Crippen LogP contribution in [0.25, 0.3) is 0 Å². The third kappa shape index (κ3) is 15.1. The molecule has 0 aliphatic heterocycles. The second kappa shape index (κ2) is 16.1. The first-order valence-corrected chi connectivity index (χ1v) is 10.1. The first kappa shape index (κ1) is 24.9. The number of ether oxygens (including phenoxy) is 3. The van der Waals surface area contributed by atoms with Crippen molar-refractivity contribution in [1.29, 1.82) is 0 Å². The SMILES string of the molecule is CCCCCCOC(C)(OCCCCCC)OC(=O)CCCCC(=O)O. The molecule has 0 heterocycles. The Kier molecular flexibility index (Phi) is 15.4. The summed E-state index contributed by atoms with van der Waals surface area (Å²) in [6, 6.07) is 0. The molecule has 6 heteroatoms. The van der Waals surface area contributed by atoms with Gasteiger partial charge in [-0.2, -0.15) is 0 Å². The van der Waals surface area contributed by atoms with Crippen LogP contribution in [0.4, 0.5) is 0 Å². The molecule has 0 fully saturated rings. The maximum atomic E-state index is 12.0. The van der Waals surface area contributed by atoms with Gasteiger partial charge < -0.3 is 19.3 Å².